The number of phenolic OH excluding ortho intramolecular Hbond substituents is 1. The Morgan fingerprint density at radius 3 is 2.54 bits per heavy atom. The molecule has 0 heterocycles. The summed E-state index contributed by atoms with van der Waals surface area (Å²) in [5.41, 5.74) is 2.91. The van der Waals surface area contributed by atoms with Crippen LogP contribution in [0.4, 0.5) is 0 Å². The van der Waals surface area contributed by atoms with Gasteiger partial charge in [-0.1, -0.05) is 54.1 Å². The maximum atomic E-state index is 9.95. The van der Waals surface area contributed by atoms with E-state index in [1.165, 1.54) is 12.1 Å². The Hall–Kier alpha value is -2.07. The zero-order valence-corrected chi connectivity index (χ0v) is 14.0. The molecule has 126 valence electrons. The third-order valence-corrected chi connectivity index (χ3v) is 3.96. The zero-order chi connectivity index (χ0) is 17.4. The number of aromatic hydroxyl groups is 1. The first-order chi connectivity index (χ1) is 11.6. The Kier molecular flexibility index (Phi) is 7.07. The van der Waals surface area contributed by atoms with Crippen LogP contribution in [-0.4, -0.2) is 28.0 Å². The second-order valence-electron chi connectivity index (χ2n) is 5.46. The van der Waals surface area contributed by atoms with E-state index in [-0.39, 0.29) is 12.4 Å². The summed E-state index contributed by atoms with van der Waals surface area (Å²) in [6.45, 7) is -0.0818. The van der Waals surface area contributed by atoms with Crippen LogP contribution in [0, 0.1) is 0 Å². The maximum Gasteiger partial charge on any atom is 0.117 e. The minimum atomic E-state index is -0.612. The van der Waals surface area contributed by atoms with Crippen LogP contribution < -0.4 is 0 Å². The molecule has 0 saturated heterocycles. The van der Waals surface area contributed by atoms with Crippen LogP contribution in [0.15, 0.2) is 60.7 Å². The Balaban J connectivity index is 2.26. The van der Waals surface area contributed by atoms with Crippen molar-refractivity contribution < 1.29 is 15.3 Å². The molecule has 2 aromatic carbocycles. The number of aliphatic hydroxyl groups excluding tert-OH is 2. The van der Waals surface area contributed by atoms with E-state index in [4.69, 9.17) is 16.7 Å². The topological polar surface area (TPSA) is 60.7 Å². The summed E-state index contributed by atoms with van der Waals surface area (Å²) < 4.78 is 0. The highest BCUT2D eigenvalue weighted by Crippen LogP contribution is 2.29. The normalized spacial score (nSPS) is 13.4. The van der Waals surface area contributed by atoms with Gasteiger partial charge in [-0.25, -0.2) is 0 Å². The lowest BCUT2D eigenvalue weighted by Gasteiger charge is -2.11. The molecule has 4 heteroatoms. The Labute approximate surface area is 147 Å². The molecular formula is C20H21ClO3. The predicted molar refractivity (Wildman–Crippen MR) is 98.9 cm³/mol. The molecule has 0 aliphatic rings. The van der Waals surface area contributed by atoms with E-state index in [0.29, 0.717) is 17.9 Å². The number of allylic oxidation sites excluding steroid dienone is 1. The first-order valence-electron chi connectivity index (χ1n) is 7.80. The van der Waals surface area contributed by atoms with E-state index in [9.17, 15) is 10.2 Å². The molecule has 0 unspecified atom stereocenters. The van der Waals surface area contributed by atoms with Crippen molar-refractivity contribution in [1.29, 1.82) is 0 Å². The molecule has 1 atom stereocenters. The SMILES string of the molecule is OC/C=C\[C@H](O)CC/C(=C/c1ccc(O)cc1Cl)c1ccccc1. The van der Waals surface area contributed by atoms with Crippen molar-refractivity contribution in [2.75, 3.05) is 6.61 Å². The van der Waals surface area contributed by atoms with E-state index in [1.807, 2.05) is 36.4 Å². The van der Waals surface area contributed by atoms with Gasteiger partial charge in [-0.2, -0.15) is 0 Å². The number of hydrogen-bond acceptors (Lipinski definition) is 3. The third-order valence-electron chi connectivity index (χ3n) is 3.63. The van der Waals surface area contributed by atoms with Crippen molar-refractivity contribution in [1.82, 2.24) is 0 Å². The van der Waals surface area contributed by atoms with E-state index in [0.717, 1.165) is 16.7 Å². The van der Waals surface area contributed by atoms with Gasteiger partial charge in [-0.15, -0.1) is 0 Å². The summed E-state index contributed by atoms with van der Waals surface area (Å²) in [6.07, 6.45) is 5.67. The quantitative estimate of drug-likeness (QED) is 0.519. The molecular weight excluding hydrogens is 324 g/mol. The van der Waals surface area contributed by atoms with Crippen molar-refractivity contribution in [3.8, 4) is 5.75 Å². The molecule has 2 aromatic rings. The van der Waals surface area contributed by atoms with Gasteiger partial charge in [0, 0.05) is 0 Å². The highest BCUT2D eigenvalue weighted by molar-refractivity contribution is 6.32. The molecule has 0 radical (unpaired) electrons. The van der Waals surface area contributed by atoms with Gasteiger partial charge in [0.1, 0.15) is 5.75 Å². The van der Waals surface area contributed by atoms with Gasteiger partial charge in [-0.05, 0) is 53.8 Å². The molecule has 0 saturated carbocycles. The Bertz CT molecular complexity index is 708. The van der Waals surface area contributed by atoms with Gasteiger partial charge in [0.25, 0.3) is 0 Å². The summed E-state index contributed by atoms with van der Waals surface area (Å²) in [6, 6.07) is 14.8. The number of benzene rings is 2. The second kappa shape index (κ2) is 9.28. The summed E-state index contributed by atoms with van der Waals surface area (Å²) in [7, 11) is 0. The third kappa shape index (κ3) is 5.53. The first-order valence-corrected chi connectivity index (χ1v) is 8.18. The molecule has 2 rings (SSSR count). The number of rotatable bonds is 7. The molecule has 0 spiro atoms. The van der Waals surface area contributed by atoms with Crippen LogP contribution in [0.5, 0.6) is 5.75 Å². The van der Waals surface area contributed by atoms with Crippen LogP contribution in [-0.2, 0) is 0 Å². The minimum Gasteiger partial charge on any atom is -0.508 e. The van der Waals surface area contributed by atoms with E-state index >= 15 is 0 Å². The fourth-order valence-corrected chi connectivity index (χ4v) is 2.62. The van der Waals surface area contributed by atoms with Crippen molar-refractivity contribution >= 4 is 23.3 Å². The lowest BCUT2D eigenvalue weighted by atomic mass is 9.97. The monoisotopic (exact) mass is 344 g/mol. The standard InChI is InChI=1S/C20H21ClO3/c21-20-14-19(24)11-9-17(20)13-16(15-5-2-1-3-6-15)8-10-18(23)7-4-12-22/h1-7,9,11,13-14,18,22-24H,8,10,12H2/b7-4-,16-13-/t18-/m0/s1. The highest BCUT2D eigenvalue weighted by atomic mass is 35.5. The Morgan fingerprint density at radius 2 is 1.88 bits per heavy atom. The summed E-state index contributed by atoms with van der Waals surface area (Å²) in [5.74, 6) is 0.128. The Morgan fingerprint density at radius 1 is 1.12 bits per heavy atom. The van der Waals surface area contributed by atoms with Crippen LogP contribution >= 0.6 is 11.6 Å². The van der Waals surface area contributed by atoms with Gasteiger partial charge in [0.05, 0.1) is 17.7 Å². The number of phenols is 1. The maximum absolute atomic E-state index is 9.95. The predicted octanol–water partition coefficient (Wildman–Crippen LogP) is 4.28. The van der Waals surface area contributed by atoms with E-state index < -0.39 is 6.10 Å². The number of aliphatic hydroxyl groups is 2. The molecule has 3 nitrogen and oxygen atoms in total. The lowest BCUT2D eigenvalue weighted by Crippen LogP contribution is -2.02. The lowest BCUT2D eigenvalue weighted by molar-refractivity contribution is 0.213. The molecule has 3 N–H and O–H groups in total. The average molecular weight is 345 g/mol. The van der Waals surface area contributed by atoms with Crippen LogP contribution in [0.3, 0.4) is 0 Å². The molecule has 0 bridgehead atoms. The van der Waals surface area contributed by atoms with Crippen LogP contribution in [0.25, 0.3) is 11.6 Å². The average Bonchev–Trinajstić information content (AvgIpc) is 2.59. The van der Waals surface area contributed by atoms with E-state index in [2.05, 4.69) is 0 Å². The number of hydrogen-bond donors (Lipinski definition) is 3. The fraction of sp³-hybridized carbons (Fsp3) is 0.200. The highest BCUT2D eigenvalue weighted by Gasteiger charge is 2.07. The largest absolute Gasteiger partial charge is 0.508 e. The van der Waals surface area contributed by atoms with Crippen molar-refractivity contribution in [2.24, 2.45) is 0 Å². The molecule has 0 aliphatic carbocycles. The van der Waals surface area contributed by atoms with Crippen molar-refractivity contribution in [3.63, 3.8) is 0 Å². The smallest absolute Gasteiger partial charge is 0.117 e. The fourth-order valence-electron chi connectivity index (χ4n) is 2.39. The first kappa shape index (κ1) is 18.3. The van der Waals surface area contributed by atoms with Crippen LogP contribution in [0.2, 0.25) is 5.02 Å². The second-order valence-corrected chi connectivity index (χ2v) is 5.87. The molecule has 24 heavy (non-hydrogen) atoms. The number of halogens is 1. The van der Waals surface area contributed by atoms with Crippen LogP contribution in [0.1, 0.15) is 24.0 Å². The van der Waals surface area contributed by atoms with Gasteiger partial charge in [-0.3, -0.25) is 0 Å². The summed E-state index contributed by atoms with van der Waals surface area (Å²) >= 11 is 6.20. The van der Waals surface area contributed by atoms with E-state index in [1.54, 1.807) is 18.2 Å². The van der Waals surface area contributed by atoms with Crippen molar-refractivity contribution in [3.05, 3.63) is 76.8 Å². The molecule has 0 fully saturated rings. The van der Waals surface area contributed by atoms with Gasteiger partial charge >= 0.3 is 0 Å². The van der Waals surface area contributed by atoms with Crippen molar-refractivity contribution in [2.45, 2.75) is 18.9 Å². The van der Waals surface area contributed by atoms with Gasteiger partial charge in [0.2, 0.25) is 0 Å². The summed E-state index contributed by atoms with van der Waals surface area (Å²) in [4.78, 5) is 0. The minimum absolute atomic E-state index is 0.0818. The molecule has 0 aliphatic heterocycles. The summed E-state index contributed by atoms with van der Waals surface area (Å²) in [5, 5.41) is 28.7. The molecule has 0 amide bonds. The molecule has 0 aromatic heterocycles. The zero-order valence-electron chi connectivity index (χ0n) is 13.3. The van der Waals surface area contributed by atoms with Gasteiger partial charge < -0.3 is 15.3 Å². The van der Waals surface area contributed by atoms with Gasteiger partial charge in [0.15, 0.2) is 0 Å².